The van der Waals surface area contributed by atoms with Gasteiger partial charge >= 0.3 is 0 Å². The van der Waals surface area contributed by atoms with Gasteiger partial charge in [0.2, 0.25) is 11.7 Å². The van der Waals surface area contributed by atoms with Gasteiger partial charge < -0.3 is 20.1 Å². The van der Waals surface area contributed by atoms with Crippen LogP contribution in [0.3, 0.4) is 0 Å². The molecule has 1 aromatic carbocycles. The number of ether oxygens (including phenoxy) is 1. The number of aryl methyl sites for hydroxylation is 1. The average molecular weight is 314 g/mol. The van der Waals surface area contributed by atoms with Crippen LogP contribution in [0.2, 0.25) is 0 Å². The smallest absolute Gasteiger partial charge is 0.240 e. The normalized spacial score (nSPS) is 10.7. The molecule has 3 N–H and O–H groups in total. The topological polar surface area (TPSA) is 94.4 Å². The number of benzene rings is 1. The second kappa shape index (κ2) is 4.95. The Balaban J connectivity index is 2.63. The Hall–Kier alpha value is -1.60. The third-order valence-corrected chi connectivity index (χ3v) is 3.07. The fourth-order valence-corrected chi connectivity index (χ4v) is 2.35. The van der Waals surface area contributed by atoms with Crippen LogP contribution in [0.25, 0.3) is 11.4 Å². The van der Waals surface area contributed by atoms with Gasteiger partial charge in [0.1, 0.15) is 0 Å². The highest BCUT2D eigenvalue weighted by Crippen LogP contribution is 2.43. The molecule has 0 radical (unpaired) electrons. The van der Waals surface area contributed by atoms with E-state index in [0.717, 1.165) is 5.56 Å². The Morgan fingerprint density at radius 1 is 1.56 bits per heavy atom. The highest BCUT2D eigenvalue weighted by molar-refractivity contribution is 9.10. The number of aromatic hydroxyl groups is 1. The van der Waals surface area contributed by atoms with Gasteiger partial charge in [0.15, 0.2) is 11.5 Å². The largest absolute Gasteiger partial charge is 0.504 e. The van der Waals surface area contributed by atoms with E-state index in [1.165, 1.54) is 7.11 Å². The molecule has 18 heavy (non-hydrogen) atoms. The van der Waals surface area contributed by atoms with E-state index in [-0.39, 0.29) is 18.1 Å². The van der Waals surface area contributed by atoms with Gasteiger partial charge in [0, 0.05) is 0 Å². The number of methoxy groups -OCH3 is 1. The number of aromatic nitrogens is 2. The molecular formula is C11H12BrN3O3. The minimum Gasteiger partial charge on any atom is -0.504 e. The molecule has 2 aromatic rings. The summed E-state index contributed by atoms with van der Waals surface area (Å²) >= 11 is 3.31. The first kappa shape index (κ1) is 12.8. The molecular weight excluding hydrogens is 302 g/mol. The number of phenols is 1. The van der Waals surface area contributed by atoms with Crippen molar-refractivity contribution in [2.45, 2.75) is 13.5 Å². The molecule has 0 aliphatic rings. The molecule has 0 bridgehead atoms. The molecule has 0 aliphatic heterocycles. The SMILES string of the molecule is COc1c(Br)cc(C)c(-c2noc(CN)n2)c1O. The van der Waals surface area contributed by atoms with E-state index in [4.69, 9.17) is 15.0 Å². The van der Waals surface area contributed by atoms with E-state index in [2.05, 4.69) is 26.1 Å². The summed E-state index contributed by atoms with van der Waals surface area (Å²) in [6.07, 6.45) is 0. The van der Waals surface area contributed by atoms with Gasteiger partial charge in [-0.05, 0) is 34.5 Å². The van der Waals surface area contributed by atoms with E-state index in [1.807, 2.05) is 13.0 Å². The van der Waals surface area contributed by atoms with Crippen molar-refractivity contribution >= 4 is 15.9 Å². The van der Waals surface area contributed by atoms with Crippen molar-refractivity contribution in [3.05, 3.63) is 22.0 Å². The van der Waals surface area contributed by atoms with Crippen LogP contribution in [0.1, 0.15) is 11.5 Å². The van der Waals surface area contributed by atoms with Gasteiger partial charge in [-0.1, -0.05) is 5.16 Å². The van der Waals surface area contributed by atoms with Gasteiger partial charge in [-0.25, -0.2) is 0 Å². The molecule has 2 rings (SSSR count). The molecule has 7 heteroatoms. The van der Waals surface area contributed by atoms with Gasteiger partial charge in [0.05, 0.1) is 23.7 Å². The molecule has 0 spiro atoms. The second-order valence-corrected chi connectivity index (χ2v) is 4.50. The predicted molar refractivity (Wildman–Crippen MR) is 68.3 cm³/mol. The summed E-state index contributed by atoms with van der Waals surface area (Å²) in [4.78, 5) is 4.09. The van der Waals surface area contributed by atoms with Gasteiger partial charge in [-0.15, -0.1) is 0 Å². The van der Waals surface area contributed by atoms with Crippen molar-refractivity contribution in [3.63, 3.8) is 0 Å². The molecule has 96 valence electrons. The number of nitrogens with zero attached hydrogens (tertiary/aromatic N) is 2. The molecule has 0 fully saturated rings. The first-order chi connectivity index (χ1) is 8.58. The zero-order chi connectivity index (χ0) is 13.3. The lowest BCUT2D eigenvalue weighted by atomic mass is 10.1. The first-order valence-electron chi connectivity index (χ1n) is 5.17. The molecule has 0 amide bonds. The molecule has 6 nitrogen and oxygen atoms in total. The highest BCUT2D eigenvalue weighted by Gasteiger charge is 2.20. The van der Waals surface area contributed by atoms with E-state index >= 15 is 0 Å². The second-order valence-electron chi connectivity index (χ2n) is 3.65. The van der Waals surface area contributed by atoms with Crippen molar-refractivity contribution in [3.8, 4) is 22.9 Å². The van der Waals surface area contributed by atoms with Crippen LogP contribution >= 0.6 is 15.9 Å². The summed E-state index contributed by atoms with van der Waals surface area (Å²) in [5, 5.41) is 14.0. The number of rotatable bonds is 3. The summed E-state index contributed by atoms with van der Waals surface area (Å²) in [6, 6.07) is 1.81. The zero-order valence-corrected chi connectivity index (χ0v) is 11.5. The van der Waals surface area contributed by atoms with Crippen LogP contribution in [-0.2, 0) is 6.54 Å². The Bertz CT molecular complexity index is 583. The van der Waals surface area contributed by atoms with Crippen LogP contribution in [-0.4, -0.2) is 22.4 Å². The van der Waals surface area contributed by atoms with Crippen LogP contribution in [0.15, 0.2) is 15.1 Å². The molecule has 0 saturated heterocycles. The Morgan fingerprint density at radius 2 is 2.28 bits per heavy atom. The number of hydrogen-bond acceptors (Lipinski definition) is 6. The molecule has 0 aliphatic carbocycles. The zero-order valence-electron chi connectivity index (χ0n) is 9.90. The molecule has 0 atom stereocenters. The minimum absolute atomic E-state index is 0.0336. The van der Waals surface area contributed by atoms with E-state index < -0.39 is 0 Å². The lowest BCUT2D eigenvalue weighted by Crippen LogP contribution is -1.96. The lowest BCUT2D eigenvalue weighted by Gasteiger charge is -2.11. The fourth-order valence-electron chi connectivity index (χ4n) is 1.66. The minimum atomic E-state index is -0.0336. The highest BCUT2D eigenvalue weighted by atomic mass is 79.9. The number of nitrogens with two attached hydrogens (primary N) is 1. The van der Waals surface area contributed by atoms with Crippen molar-refractivity contribution in [2.75, 3.05) is 7.11 Å². The molecule has 1 heterocycles. The maximum absolute atomic E-state index is 10.2. The van der Waals surface area contributed by atoms with E-state index in [1.54, 1.807) is 0 Å². The van der Waals surface area contributed by atoms with Crippen molar-refractivity contribution in [1.29, 1.82) is 0 Å². The summed E-state index contributed by atoms with van der Waals surface area (Å²) < 4.78 is 10.7. The number of hydrogen-bond donors (Lipinski definition) is 2. The van der Waals surface area contributed by atoms with Crippen LogP contribution in [0, 0.1) is 6.92 Å². The fraction of sp³-hybridized carbons (Fsp3) is 0.273. The van der Waals surface area contributed by atoms with Crippen molar-refractivity contribution in [1.82, 2.24) is 10.1 Å². The van der Waals surface area contributed by atoms with Crippen LogP contribution in [0.5, 0.6) is 11.5 Å². The molecule has 0 unspecified atom stereocenters. The van der Waals surface area contributed by atoms with E-state index in [0.29, 0.717) is 21.7 Å². The molecule has 0 saturated carbocycles. The quantitative estimate of drug-likeness (QED) is 0.899. The third-order valence-electron chi connectivity index (χ3n) is 2.48. The van der Waals surface area contributed by atoms with Gasteiger partial charge in [-0.3, -0.25) is 0 Å². The van der Waals surface area contributed by atoms with Crippen LogP contribution < -0.4 is 10.5 Å². The summed E-state index contributed by atoms with van der Waals surface area (Å²) in [5.74, 6) is 0.894. The average Bonchev–Trinajstić information content (AvgIpc) is 2.77. The predicted octanol–water partition coefficient (Wildman–Crippen LogP) is 1.98. The summed E-state index contributed by atoms with van der Waals surface area (Å²) in [6.45, 7) is 1.98. The first-order valence-corrected chi connectivity index (χ1v) is 5.96. The van der Waals surface area contributed by atoms with E-state index in [9.17, 15) is 5.11 Å². The number of phenolic OH excluding ortho intramolecular Hbond substituents is 1. The Morgan fingerprint density at radius 3 is 2.83 bits per heavy atom. The Kier molecular flexibility index (Phi) is 3.53. The number of halogens is 1. The summed E-state index contributed by atoms with van der Waals surface area (Å²) in [5.41, 5.74) is 6.67. The molecule has 1 aromatic heterocycles. The monoisotopic (exact) mass is 313 g/mol. The third kappa shape index (κ3) is 2.06. The standard InChI is InChI=1S/C11H12BrN3O3/c1-5-3-6(12)10(17-2)9(16)8(5)11-14-7(4-13)18-15-11/h3,16H,4,13H2,1-2H3. The van der Waals surface area contributed by atoms with Crippen molar-refractivity contribution in [2.24, 2.45) is 5.73 Å². The lowest BCUT2D eigenvalue weighted by molar-refractivity contribution is 0.370. The maximum atomic E-state index is 10.2. The summed E-state index contributed by atoms with van der Waals surface area (Å²) in [7, 11) is 1.47. The maximum Gasteiger partial charge on any atom is 0.240 e. The Labute approximate surface area is 112 Å². The van der Waals surface area contributed by atoms with Crippen LogP contribution in [0.4, 0.5) is 0 Å². The van der Waals surface area contributed by atoms with Gasteiger partial charge in [0.25, 0.3) is 0 Å². The van der Waals surface area contributed by atoms with Crippen molar-refractivity contribution < 1.29 is 14.4 Å². The van der Waals surface area contributed by atoms with Gasteiger partial charge in [-0.2, -0.15) is 4.98 Å².